The minimum atomic E-state index is -0.150. The highest BCUT2D eigenvalue weighted by Gasteiger charge is 2.21. The Hall–Kier alpha value is -2.60. The largest absolute Gasteiger partial charge is 0.467 e. The van der Waals surface area contributed by atoms with Crippen molar-refractivity contribution in [2.45, 2.75) is 19.5 Å². The SMILES string of the molecule is O=C(c1csc(Cc2c(Cl)cccc2Cl)n1)N(Cc1ccccc1)Cc1ccco1. The van der Waals surface area contributed by atoms with E-state index in [1.54, 1.807) is 34.7 Å². The van der Waals surface area contributed by atoms with E-state index in [0.29, 0.717) is 35.2 Å². The van der Waals surface area contributed by atoms with Gasteiger partial charge in [0.1, 0.15) is 11.5 Å². The Morgan fingerprint density at radius 2 is 1.73 bits per heavy atom. The Balaban J connectivity index is 1.55. The van der Waals surface area contributed by atoms with Gasteiger partial charge in [0.05, 0.1) is 17.8 Å². The third-order valence-electron chi connectivity index (χ3n) is 4.59. The van der Waals surface area contributed by atoms with Gasteiger partial charge in [-0.1, -0.05) is 59.6 Å². The fourth-order valence-electron chi connectivity index (χ4n) is 3.10. The van der Waals surface area contributed by atoms with Gasteiger partial charge in [-0.2, -0.15) is 0 Å². The molecule has 0 spiro atoms. The fourth-order valence-corrected chi connectivity index (χ4v) is 4.41. The van der Waals surface area contributed by atoms with Crippen molar-refractivity contribution in [1.82, 2.24) is 9.88 Å². The number of rotatable bonds is 7. The molecule has 0 aliphatic carbocycles. The molecule has 0 saturated heterocycles. The van der Waals surface area contributed by atoms with Crippen LogP contribution in [0.2, 0.25) is 10.0 Å². The van der Waals surface area contributed by atoms with Crippen LogP contribution in [0.5, 0.6) is 0 Å². The fraction of sp³-hybridized carbons (Fsp3) is 0.130. The molecule has 0 radical (unpaired) electrons. The van der Waals surface area contributed by atoms with Gasteiger partial charge >= 0.3 is 0 Å². The monoisotopic (exact) mass is 456 g/mol. The maximum atomic E-state index is 13.3. The maximum Gasteiger partial charge on any atom is 0.274 e. The lowest BCUT2D eigenvalue weighted by molar-refractivity contribution is 0.0712. The summed E-state index contributed by atoms with van der Waals surface area (Å²) >= 11 is 14.0. The molecule has 0 N–H and O–H groups in total. The third kappa shape index (κ3) is 4.93. The highest BCUT2D eigenvalue weighted by molar-refractivity contribution is 7.09. The molecular formula is C23H18Cl2N2O2S. The lowest BCUT2D eigenvalue weighted by Crippen LogP contribution is -2.30. The summed E-state index contributed by atoms with van der Waals surface area (Å²) in [7, 11) is 0. The van der Waals surface area contributed by atoms with E-state index in [9.17, 15) is 4.79 Å². The summed E-state index contributed by atoms with van der Waals surface area (Å²) in [6.07, 6.45) is 2.09. The summed E-state index contributed by atoms with van der Waals surface area (Å²) in [5.41, 5.74) is 2.25. The summed E-state index contributed by atoms with van der Waals surface area (Å²) in [6.45, 7) is 0.827. The molecule has 4 aromatic rings. The van der Waals surface area contributed by atoms with Crippen molar-refractivity contribution in [3.63, 3.8) is 0 Å². The van der Waals surface area contributed by atoms with E-state index >= 15 is 0 Å². The Morgan fingerprint density at radius 1 is 0.967 bits per heavy atom. The number of furan rings is 1. The molecule has 0 atom stereocenters. The molecular weight excluding hydrogens is 439 g/mol. The predicted molar refractivity (Wildman–Crippen MR) is 120 cm³/mol. The van der Waals surface area contributed by atoms with Crippen LogP contribution in [0.4, 0.5) is 0 Å². The number of amides is 1. The molecule has 2 heterocycles. The number of halogens is 2. The van der Waals surface area contributed by atoms with Crippen LogP contribution in [-0.4, -0.2) is 15.8 Å². The second-order valence-corrected chi connectivity index (χ2v) is 8.49. The second-order valence-electron chi connectivity index (χ2n) is 6.73. The molecule has 7 heteroatoms. The van der Waals surface area contributed by atoms with Gasteiger partial charge in [-0.25, -0.2) is 4.98 Å². The zero-order valence-electron chi connectivity index (χ0n) is 15.9. The molecule has 1 amide bonds. The van der Waals surface area contributed by atoms with Crippen LogP contribution >= 0.6 is 34.5 Å². The van der Waals surface area contributed by atoms with E-state index in [2.05, 4.69) is 4.98 Å². The number of hydrogen-bond donors (Lipinski definition) is 0. The van der Waals surface area contributed by atoms with Crippen LogP contribution in [-0.2, 0) is 19.5 Å². The summed E-state index contributed by atoms with van der Waals surface area (Å²) in [4.78, 5) is 19.5. The van der Waals surface area contributed by atoms with Crippen LogP contribution in [0.15, 0.2) is 76.7 Å². The first-order valence-electron chi connectivity index (χ1n) is 9.33. The van der Waals surface area contributed by atoms with Crippen molar-refractivity contribution in [1.29, 1.82) is 0 Å². The van der Waals surface area contributed by atoms with Gasteiger partial charge in [0.15, 0.2) is 0 Å². The first kappa shape index (κ1) is 20.7. The Bertz CT molecular complexity index is 1110. The van der Waals surface area contributed by atoms with Crippen molar-refractivity contribution in [3.8, 4) is 0 Å². The van der Waals surface area contributed by atoms with Gasteiger partial charge in [-0.05, 0) is 35.4 Å². The predicted octanol–water partition coefficient (Wildman–Crippen LogP) is 6.48. The van der Waals surface area contributed by atoms with E-state index in [-0.39, 0.29) is 5.91 Å². The Kier molecular flexibility index (Phi) is 6.53. The first-order valence-corrected chi connectivity index (χ1v) is 11.0. The first-order chi connectivity index (χ1) is 14.6. The minimum Gasteiger partial charge on any atom is -0.467 e. The molecule has 30 heavy (non-hydrogen) atoms. The third-order valence-corrected chi connectivity index (χ3v) is 6.15. The lowest BCUT2D eigenvalue weighted by Gasteiger charge is -2.21. The summed E-state index contributed by atoms with van der Waals surface area (Å²) in [6, 6.07) is 18.9. The van der Waals surface area contributed by atoms with Crippen molar-refractivity contribution < 1.29 is 9.21 Å². The number of aromatic nitrogens is 1. The van der Waals surface area contributed by atoms with Crippen molar-refractivity contribution in [3.05, 3.63) is 110 Å². The molecule has 0 saturated carbocycles. The van der Waals surface area contributed by atoms with Crippen LogP contribution in [0, 0.1) is 0 Å². The van der Waals surface area contributed by atoms with Gasteiger partial charge in [-0.15, -0.1) is 11.3 Å². The summed E-state index contributed by atoms with van der Waals surface area (Å²) < 4.78 is 5.46. The van der Waals surface area contributed by atoms with E-state index in [1.807, 2.05) is 42.5 Å². The average molecular weight is 457 g/mol. The molecule has 0 unspecified atom stereocenters. The van der Waals surface area contributed by atoms with Gasteiger partial charge in [0.2, 0.25) is 0 Å². The number of nitrogens with zero attached hydrogens (tertiary/aromatic N) is 2. The van der Waals surface area contributed by atoms with Gasteiger partial charge in [-0.3, -0.25) is 4.79 Å². The molecule has 2 aromatic heterocycles. The topological polar surface area (TPSA) is 46.3 Å². The smallest absolute Gasteiger partial charge is 0.274 e. The highest BCUT2D eigenvalue weighted by Crippen LogP contribution is 2.28. The standard InChI is InChI=1S/C23H18Cl2N2O2S/c24-19-9-4-10-20(25)18(19)12-22-26-21(15-30-22)23(28)27(14-17-8-5-11-29-17)13-16-6-2-1-3-7-16/h1-11,15H,12-14H2. The molecule has 0 aliphatic rings. The summed E-state index contributed by atoms with van der Waals surface area (Å²) in [5, 5.41) is 3.75. The van der Waals surface area contributed by atoms with Crippen LogP contribution in [0.3, 0.4) is 0 Å². The molecule has 4 rings (SSSR count). The number of thiazole rings is 1. The van der Waals surface area contributed by atoms with E-state index in [0.717, 1.165) is 21.9 Å². The van der Waals surface area contributed by atoms with Crippen molar-refractivity contribution in [2.75, 3.05) is 0 Å². The quantitative estimate of drug-likeness (QED) is 0.319. The van der Waals surface area contributed by atoms with Gasteiger partial charge in [0, 0.05) is 28.4 Å². The Labute approximate surface area is 188 Å². The molecule has 0 aliphatic heterocycles. The Morgan fingerprint density at radius 3 is 2.43 bits per heavy atom. The van der Waals surface area contributed by atoms with Crippen LogP contribution in [0.25, 0.3) is 0 Å². The maximum absolute atomic E-state index is 13.3. The highest BCUT2D eigenvalue weighted by atomic mass is 35.5. The molecule has 152 valence electrons. The molecule has 4 nitrogen and oxygen atoms in total. The zero-order valence-corrected chi connectivity index (χ0v) is 18.3. The normalized spacial score (nSPS) is 10.9. The van der Waals surface area contributed by atoms with E-state index in [1.165, 1.54) is 11.3 Å². The molecule has 0 bridgehead atoms. The van der Waals surface area contributed by atoms with Gasteiger partial charge < -0.3 is 9.32 Å². The van der Waals surface area contributed by atoms with E-state index in [4.69, 9.17) is 27.6 Å². The van der Waals surface area contributed by atoms with Crippen molar-refractivity contribution >= 4 is 40.4 Å². The average Bonchev–Trinajstić information content (AvgIpc) is 3.43. The minimum absolute atomic E-state index is 0.150. The number of carbonyl (C=O) groups excluding carboxylic acids is 1. The molecule has 0 fully saturated rings. The van der Waals surface area contributed by atoms with Crippen LogP contribution in [0.1, 0.15) is 32.4 Å². The summed E-state index contributed by atoms with van der Waals surface area (Å²) in [5.74, 6) is 0.570. The van der Waals surface area contributed by atoms with Gasteiger partial charge in [0.25, 0.3) is 5.91 Å². The lowest BCUT2D eigenvalue weighted by atomic mass is 10.1. The second kappa shape index (κ2) is 9.47. The molecule has 2 aromatic carbocycles. The zero-order chi connectivity index (χ0) is 20.9. The number of hydrogen-bond acceptors (Lipinski definition) is 4. The van der Waals surface area contributed by atoms with Crippen molar-refractivity contribution in [2.24, 2.45) is 0 Å². The van der Waals surface area contributed by atoms with E-state index < -0.39 is 0 Å². The van der Waals surface area contributed by atoms with Crippen LogP contribution < -0.4 is 0 Å². The number of carbonyl (C=O) groups is 1. The number of benzene rings is 2.